The van der Waals surface area contributed by atoms with Crippen LogP contribution in [0.15, 0.2) is 24.3 Å². The van der Waals surface area contributed by atoms with Gasteiger partial charge in [-0.2, -0.15) is 0 Å². The molecule has 1 aromatic carbocycles. The van der Waals surface area contributed by atoms with Crippen LogP contribution in [-0.2, 0) is 17.6 Å². The molecule has 0 spiro atoms. The van der Waals surface area contributed by atoms with Gasteiger partial charge in [-0.3, -0.25) is 4.79 Å². The second kappa shape index (κ2) is 8.28. The van der Waals surface area contributed by atoms with E-state index in [2.05, 4.69) is 41.4 Å². The number of nitrogens with zero attached hydrogens (tertiary/aromatic N) is 1. The second-order valence-corrected chi connectivity index (χ2v) is 5.28. The molecule has 1 unspecified atom stereocenters. The van der Waals surface area contributed by atoms with Gasteiger partial charge in [0.05, 0.1) is 6.54 Å². The zero-order valence-electron chi connectivity index (χ0n) is 12.4. The molecule has 1 aliphatic rings. The van der Waals surface area contributed by atoms with E-state index < -0.39 is 0 Å². The predicted octanol–water partition coefficient (Wildman–Crippen LogP) is 2.42. The SMILES string of the molecule is CCCN(C(=O)CNC)C1CCc2ccccc2C1.Cl. The minimum absolute atomic E-state index is 0. The Bertz CT molecular complexity index is 436. The van der Waals surface area contributed by atoms with Crippen LogP contribution in [0, 0.1) is 0 Å². The maximum absolute atomic E-state index is 12.2. The Hall–Kier alpha value is -1.06. The molecule has 3 nitrogen and oxygen atoms in total. The highest BCUT2D eigenvalue weighted by Crippen LogP contribution is 2.24. The highest BCUT2D eigenvalue weighted by Gasteiger charge is 2.26. The Morgan fingerprint density at radius 2 is 2.05 bits per heavy atom. The number of benzene rings is 1. The van der Waals surface area contributed by atoms with E-state index in [1.807, 2.05) is 7.05 Å². The van der Waals surface area contributed by atoms with Gasteiger partial charge in [0.25, 0.3) is 0 Å². The molecule has 0 aromatic heterocycles. The van der Waals surface area contributed by atoms with Crippen molar-refractivity contribution in [1.29, 1.82) is 0 Å². The van der Waals surface area contributed by atoms with Crippen LogP contribution < -0.4 is 5.32 Å². The number of nitrogens with one attached hydrogen (secondary N) is 1. The molecule has 1 amide bonds. The first kappa shape index (κ1) is 17.0. The van der Waals surface area contributed by atoms with Gasteiger partial charge in [-0.05, 0) is 43.9 Å². The summed E-state index contributed by atoms with van der Waals surface area (Å²) in [5.41, 5.74) is 2.87. The Morgan fingerprint density at radius 3 is 2.70 bits per heavy atom. The summed E-state index contributed by atoms with van der Waals surface area (Å²) in [7, 11) is 1.83. The Labute approximate surface area is 128 Å². The zero-order chi connectivity index (χ0) is 13.7. The molecule has 20 heavy (non-hydrogen) atoms. The second-order valence-electron chi connectivity index (χ2n) is 5.28. The third-order valence-corrected chi connectivity index (χ3v) is 3.87. The van der Waals surface area contributed by atoms with Gasteiger partial charge in [0, 0.05) is 12.6 Å². The summed E-state index contributed by atoms with van der Waals surface area (Å²) in [6.45, 7) is 3.45. The summed E-state index contributed by atoms with van der Waals surface area (Å²) in [6, 6.07) is 8.99. The molecule has 1 N–H and O–H groups in total. The van der Waals surface area contributed by atoms with Gasteiger partial charge in [-0.25, -0.2) is 0 Å². The number of hydrogen-bond donors (Lipinski definition) is 1. The van der Waals surface area contributed by atoms with Crippen molar-refractivity contribution in [1.82, 2.24) is 10.2 Å². The van der Waals surface area contributed by atoms with Gasteiger partial charge in [0.1, 0.15) is 0 Å². The molecule has 0 radical (unpaired) electrons. The normalized spacial score (nSPS) is 17.0. The van der Waals surface area contributed by atoms with Crippen molar-refractivity contribution in [3.8, 4) is 0 Å². The third kappa shape index (κ3) is 3.97. The van der Waals surface area contributed by atoms with Crippen LogP contribution in [0.25, 0.3) is 0 Å². The van der Waals surface area contributed by atoms with Gasteiger partial charge in [-0.15, -0.1) is 12.4 Å². The lowest BCUT2D eigenvalue weighted by molar-refractivity contribution is -0.132. The van der Waals surface area contributed by atoms with E-state index in [1.165, 1.54) is 11.1 Å². The van der Waals surface area contributed by atoms with E-state index in [0.29, 0.717) is 12.6 Å². The van der Waals surface area contributed by atoms with Gasteiger partial charge in [-0.1, -0.05) is 31.2 Å². The minimum atomic E-state index is 0. The average molecular weight is 297 g/mol. The van der Waals surface area contributed by atoms with Crippen LogP contribution in [0.2, 0.25) is 0 Å². The molecule has 1 aromatic rings. The van der Waals surface area contributed by atoms with Crippen LogP contribution in [0.3, 0.4) is 0 Å². The first-order valence-corrected chi connectivity index (χ1v) is 7.27. The van der Waals surface area contributed by atoms with Crippen LogP contribution in [0.4, 0.5) is 0 Å². The largest absolute Gasteiger partial charge is 0.338 e. The quantitative estimate of drug-likeness (QED) is 0.905. The number of rotatable bonds is 5. The Balaban J connectivity index is 0.00000200. The van der Waals surface area contributed by atoms with Gasteiger partial charge in [0.2, 0.25) is 5.91 Å². The molecular weight excluding hydrogens is 272 g/mol. The first-order chi connectivity index (χ1) is 9.26. The van der Waals surface area contributed by atoms with Crippen molar-refractivity contribution in [2.75, 3.05) is 20.1 Å². The van der Waals surface area contributed by atoms with Crippen LogP contribution in [0.1, 0.15) is 30.9 Å². The summed E-state index contributed by atoms with van der Waals surface area (Å²) >= 11 is 0. The number of halogens is 1. The number of fused-ring (bicyclic) bond motifs is 1. The average Bonchev–Trinajstić information content (AvgIpc) is 2.44. The molecule has 0 fully saturated rings. The molecule has 2 rings (SSSR count). The van der Waals surface area contributed by atoms with Crippen molar-refractivity contribution in [3.63, 3.8) is 0 Å². The van der Waals surface area contributed by atoms with Gasteiger partial charge < -0.3 is 10.2 Å². The standard InChI is InChI=1S/C16H24N2O.ClH/c1-3-10-18(16(19)12-17-2)15-9-8-13-6-4-5-7-14(13)11-15;/h4-7,15,17H,3,8-12H2,1-2H3;1H. The lowest BCUT2D eigenvalue weighted by Crippen LogP contribution is -2.46. The van der Waals surface area contributed by atoms with E-state index in [4.69, 9.17) is 0 Å². The maximum atomic E-state index is 12.2. The van der Waals surface area contributed by atoms with E-state index in [-0.39, 0.29) is 18.3 Å². The summed E-state index contributed by atoms with van der Waals surface area (Å²) in [6.07, 6.45) is 4.21. The summed E-state index contributed by atoms with van der Waals surface area (Å²) in [5, 5.41) is 2.97. The van der Waals surface area contributed by atoms with E-state index in [1.54, 1.807) is 0 Å². The molecular formula is C16H25ClN2O. The molecule has 0 aliphatic heterocycles. The lowest BCUT2D eigenvalue weighted by Gasteiger charge is -2.35. The van der Waals surface area contributed by atoms with Crippen molar-refractivity contribution in [2.24, 2.45) is 0 Å². The summed E-state index contributed by atoms with van der Waals surface area (Å²) < 4.78 is 0. The van der Waals surface area contributed by atoms with E-state index in [9.17, 15) is 4.79 Å². The van der Waals surface area contributed by atoms with Crippen LogP contribution in [0.5, 0.6) is 0 Å². The number of carbonyl (C=O) groups excluding carboxylic acids is 1. The molecule has 4 heteroatoms. The molecule has 1 aliphatic carbocycles. The molecule has 0 saturated carbocycles. The lowest BCUT2D eigenvalue weighted by atomic mass is 9.87. The fourth-order valence-electron chi connectivity index (χ4n) is 2.95. The summed E-state index contributed by atoms with van der Waals surface area (Å²) in [4.78, 5) is 14.3. The molecule has 1 atom stereocenters. The molecule has 112 valence electrons. The van der Waals surface area contributed by atoms with Crippen molar-refractivity contribution in [2.45, 2.75) is 38.6 Å². The van der Waals surface area contributed by atoms with E-state index in [0.717, 1.165) is 32.2 Å². The first-order valence-electron chi connectivity index (χ1n) is 7.27. The smallest absolute Gasteiger partial charge is 0.236 e. The summed E-state index contributed by atoms with van der Waals surface area (Å²) in [5.74, 6) is 0.230. The molecule has 0 bridgehead atoms. The van der Waals surface area contributed by atoms with E-state index >= 15 is 0 Å². The van der Waals surface area contributed by atoms with Crippen LogP contribution >= 0.6 is 12.4 Å². The topological polar surface area (TPSA) is 32.3 Å². The fourth-order valence-corrected chi connectivity index (χ4v) is 2.95. The monoisotopic (exact) mass is 296 g/mol. The fraction of sp³-hybridized carbons (Fsp3) is 0.562. The highest BCUT2D eigenvalue weighted by molar-refractivity contribution is 5.85. The predicted molar refractivity (Wildman–Crippen MR) is 85.4 cm³/mol. The number of carbonyl (C=O) groups is 1. The Kier molecular flexibility index (Phi) is 7.03. The number of amides is 1. The van der Waals surface area contributed by atoms with Crippen molar-refractivity contribution >= 4 is 18.3 Å². The number of aryl methyl sites for hydroxylation is 1. The number of hydrogen-bond acceptors (Lipinski definition) is 2. The van der Waals surface area contributed by atoms with Gasteiger partial charge >= 0.3 is 0 Å². The zero-order valence-corrected chi connectivity index (χ0v) is 13.2. The van der Waals surface area contributed by atoms with Crippen LogP contribution in [-0.4, -0.2) is 37.0 Å². The number of likely N-dealkylation sites (N-methyl/N-ethyl adjacent to an activating group) is 1. The maximum Gasteiger partial charge on any atom is 0.236 e. The highest BCUT2D eigenvalue weighted by atomic mass is 35.5. The van der Waals surface area contributed by atoms with Crippen molar-refractivity contribution < 1.29 is 4.79 Å². The third-order valence-electron chi connectivity index (χ3n) is 3.87. The minimum Gasteiger partial charge on any atom is -0.338 e. The Morgan fingerprint density at radius 1 is 1.35 bits per heavy atom. The molecule has 0 heterocycles. The van der Waals surface area contributed by atoms with Gasteiger partial charge in [0.15, 0.2) is 0 Å². The van der Waals surface area contributed by atoms with Crippen molar-refractivity contribution in [3.05, 3.63) is 35.4 Å². The molecule has 0 saturated heterocycles.